The molecule has 1 saturated carbocycles. The van der Waals surface area contributed by atoms with E-state index in [9.17, 15) is 15.0 Å². The van der Waals surface area contributed by atoms with Gasteiger partial charge < -0.3 is 15.1 Å². The molecule has 1 fully saturated rings. The van der Waals surface area contributed by atoms with Gasteiger partial charge in [0.2, 0.25) is 5.52 Å². The third-order valence-corrected chi connectivity index (χ3v) is 8.65. The van der Waals surface area contributed by atoms with E-state index in [4.69, 9.17) is 0 Å². The van der Waals surface area contributed by atoms with Crippen molar-refractivity contribution >= 4 is 51.0 Å². The number of benzene rings is 3. The molecule has 2 unspecified atom stereocenters. The molecule has 1 aliphatic heterocycles. The van der Waals surface area contributed by atoms with E-state index in [0.29, 0.717) is 18.5 Å². The molecule has 2 N–H and O–H groups in total. The molecule has 2 atom stereocenters. The van der Waals surface area contributed by atoms with Gasteiger partial charge in [-0.1, -0.05) is 48.1 Å². The molecule has 3 aromatic carbocycles. The van der Waals surface area contributed by atoms with Crippen LogP contribution in [0.4, 0.5) is 11.4 Å². The number of carboxylic acids is 1. The van der Waals surface area contributed by atoms with E-state index >= 15 is 0 Å². The predicted octanol–water partition coefficient (Wildman–Crippen LogP) is 6.11. The Hall–Kier alpha value is -3.48. The van der Waals surface area contributed by atoms with Gasteiger partial charge in [0.15, 0.2) is 6.54 Å². The van der Waals surface area contributed by atoms with Gasteiger partial charge in [0, 0.05) is 35.5 Å². The zero-order chi connectivity index (χ0) is 24.6. The molecule has 0 spiro atoms. The first-order valence-corrected chi connectivity index (χ1v) is 13.4. The van der Waals surface area contributed by atoms with Crippen LogP contribution in [0.25, 0.3) is 22.4 Å². The van der Waals surface area contributed by atoms with Gasteiger partial charge in [-0.25, -0.2) is 0 Å². The van der Waals surface area contributed by atoms with Crippen LogP contribution in [0, 0.1) is 0 Å². The van der Waals surface area contributed by atoms with Crippen LogP contribution >= 0.6 is 11.3 Å². The largest absolute Gasteiger partial charge is 0.481 e. The minimum absolute atomic E-state index is 0.0642. The van der Waals surface area contributed by atoms with Gasteiger partial charge in [-0.2, -0.15) is 4.57 Å². The van der Waals surface area contributed by atoms with E-state index in [2.05, 4.69) is 64.1 Å². The third kappa shape index (κ3) is 4.10. The van der Waals surface area contributed by atoms with Crippen molar-refractivity contribution in [2.45, 2.75) is 50.8 Å². The number of aryl methyl sites for hydroxylation is 1. The summed E-state index contributed by atoms with van der Waals surface area (Å²) in [5.41, 5.74) is 7.07. The van der Waals surface area contributed by atoms with Gasteiger partial charge in [-0.05, 0) is 65.9 Å². The van der Waals surface area contributed by atoms with Crippen LogP contribution in [0.3, 0.4) is 0 Å². The first kappa shape index (κ1) is 23.0. The van der Waals surface area contributed by atoms with Gasteiger partial charge in [-0.3, -0.25) is 4.79 Å². The Balaban J connectivity index is 1.33. The van der Waals surface area contributed by atoms with Crippen LogP contribution in [0.15, 0.2) is 66.7 Å². The van der Waals surface area contributed by atoms with Crippen molar-refractivity contribution in [2.24, 2.45) is 0 Å². The predicted molar refractivity (Wildman–Crippen MR) is 145 cm³/mol. The molecule has 182 valence electrons. The molecule has 5 nitrogen and oxygen atoms in total. The van der Waals surface area contributed by atoms with E-state index in [1.165, 1.54) is 41.8 Å². The summed E-state index contributed by atoms with van der Waals surface area (Å²) in [5, 5.41) is 19.7. The standard InChI is InChI=1S/C30H28N2O3S/c33-19-21-8-12-22(13-9-21)32-25-6-3-4-23(25)24-18-20(10-14-26(24)32)11-15-29-31(17-16-30(34)35)27-5-1-2-7-28(27)36-29/h1-2,5,7-15,18,23,25,33H,3-4,6,16-17,19H2/p+1. The fourth-order valence-electron chi connectivity index (χ4n) is 5.86. The molecule has 1 aliphatic carbocycles. The number of aromatic nitrogens is 1. The van der Waals surface area contributed by atoms with Crippen LogP contribution in [0.1, 0.15) is 53.3 Å². The van der Waals surface area contributed by atoms with Gasteiger partial charge in [0.25, 0.3) is 5.01 Å². The number of fused-ring (bicyclic) bond motifs is 4. The molecule has 36 heavy (non-hydrogen) atoms. The van der Waals surface area contributed by atoms with Gasteiger partial charge in [-0.15, -0.1) is 0 Å². The quantitative estimate of drug-likeness (QED) is 0.302. The lowest BCUT2D eigenvalue weighted by Gasteiger charge is -2.27. The van der Waals surface area contributed by atoms with Gasteiger partial charge >= 0.3 is 5.97 Å². The number of aliphatic hydroxyl groups is 1. The zero-order valence-electron chi connectivity index (χ0n) is 20.0. The summed E-state index contributed by atoms with van der Waals surface area (Å²) in [6.45, 7) is 0.520. The van der Waals surface area contributed by atoms with E-state index < -0.39 is 5.97 Å². The van der Waals surface area contributed by atoms with E-state index in [1.54, 1.807) is 11.3 Å². The highest BCUT2D eigenvalue weighted by Gasteiger charge is 2.42. The van der Waals surface area contributed by atoms with Gasteiger partial charge in [0.05, 0.1) is 6.61 Å². The second-order valence-electron chi connectivity index (χ2n) is 9.65. The summed E-state index contributed by atoms with van der Waals surface area (Å²) in [6, 6.07) is 23.7. The maximum absolute atomic E-state index is 11.2. The Morgan fingerprint density at radius 1 is 1.06 bits per heavy atom. The summed E-state index contributed by atoms with van der Waals surface area (Å²) in [4.78, 5) is 13.7. The number of hydrogen-bond acceptors (Lipinski definition) is 4. The maximum Gasteiger partial charge on any atom is 0.309 e. The van der Waals surface area contributed by atoms with Crippen molar-refractivity contribution in [3.8, 4) is 0 Å². The Morgan fingerprint density at radius 2 is 1.89 bits per heavy atom. The Kier molecular flexibility index (Phi) is 6.07. The number of para-hydroxylation sites is 1. The first-order valence-electron chi connectivity index (χ1n) is 12.6. The summed E-state index contributed by atoms with van der Waals surface area (Å²) < 4.78 is 3.27. The molecule has 0 saturated heterocycles. The molecular weight excluding hydrogens is 468 g/mol. The molecule has 6 heteroatoms. The van der Waals surface area contributed by atoms with Crippen molar-refractivity contribution < 1.29 is 19.6 Å². The molecule has 4 aromatic rings. The summed E-state index contributed by atoms with van der Waals surface area (Å²) in [5.74, 6) is -0.247. The van der Waals surface area contributed by atoms with Crippen molar-refractivity contribution in [3.63, 3.8) is 0 Å². The molecular formula is C30H29N2O3S+. The summed E-state index contributed by atoms with van der Waals surface area (Å²) >= 11 is 1.69. The normalized spacial score (nSPS) is 18.8. The average Bonchev–Trinajstić information content (AvgIpc) is 3.59. The fourth-order valence-corrected chi connectivity index (χ4v) is 6.95. The number of nitrogens with zero attached hydrogens (tertiary/aromatic N) is 2. The Labute approximate surface area is 214 Å². The number of carbonyl (C=O) groups is 1. The number of aliphatic carboxylic acids is 1. The van der Waals surface area contributed by atoms with Crippen LogP contribution in [-0.2, 0) is 17.9 Å². The summed E-state index contributed by atoms with van der Waals surface area (Å²) in [6.07, 6.45) is 8.03. The lowest BCUT2D eigenvalue weighted by atomic mass is 9.96. The van der Waals surface area contributed by atoms with E-state index in [-0.39, 0.29) is 13.0 Å². The smallest absolute Gasteiger partial charge is 0.309 e. The summed E-state index contributed by atoms with van der Waals surface area (Å²) in [7, 11) is 0. The third-order valence-electron chi connectivity index (χ3n) is 7.52. The molecule has 2 heterocycles. The number of thiazole rings is 1. The zero-order valence-corrected chi connectivity index (χ0v) is 20.8. The van der Waals surface area contributed by atoms with E-state index in [1.807, 2.05) is 24.3 Å². The van der Waals surface area contributed by atoms with E-state index in [0.717, 1.165) is 20.8 Å². The van der Waals surface area contributed by atoms with Crippen LogP contribution < -0.4 is 9.47 Å². The monoisotopic (exact) mass is 497 g/mol. The van der Waals surface area contributed by atoms with Gasteiger partial charge in [0.1, 0.15) is 11.1 Å². The molecule has 0 radical (unpaired) electrons. The van der Waals surface area contributed by atoms with Crippen molar-refractivity contribution in [3.05, 3.63) is 88.4 Å². The number of anilines is 2. The Bertz CT molecular complexity index is 1460. The lowest BCUT2D eigenvalue weighted by Crippen LogP contribution is -2.36. The highest BCUT2D eigenvalue weighted by atomic mass is 32.1. The lowest BCUT2D eigenvalue weighted by molar-refractivity contribution is -0.667. The number of rotatable bonds is 7. The van der Waals surface area contributed by atoms with Crippen molar-refractivity contribution in [2.75, 3.05) is 4.90 Å². The Morgan fingerprint density at radius 3 is 2.69 bits per heavy atom. The number of carboxylic acid groups (broad SMARTS) is 1. The number of hydrogen-bond donors (Lipinski definition) is 2. The van der Waals surface area contributed by atoms with Crippen molar-refractivity contribution in [1.29, 1.82) is 0 Å². The van der Waals surface area contributed by atoms with Crippen molar-refractivity contribution in [1.82, 2.24) is 0 Å². The molecule has 6 rings (SSSR count). The first-order chi connectivity index (χ1) is 17.6. The van der Waals surface area contributed by atoms with Crippen LogP contribution in [-0.4, -0.2) is 22.2 Å². The topological polar surface area (TPSA) is 64.7 Å². The fraction of sp³-hybridized carbons (Fsp3) is 0.267. The molecule has 2 aliphatic rings. The second-order valence-corrected chi connectivity index (χ2v) is 10.7. The molecule has 0 bridgehead atoms. The average molecular weight is 498 g/mol. The molecule has 1 aromatic heterocycles. The van der Waals surface area contributed by atoms with Crippen LogP contribution in [0.5, 0.6) is 0 Å². The minimum Gasteiger partial charge on any atom is -0.481 e. The SMILES string of the molecule is O=C(O)CC[n+]1c(/C=C/c2ccc3c(c2)C2CCCC2N3c2ccc(CO)cc2)sc2ccccc21. The minimum atomic E-state index is -0.784. The highest BCUT2D eigenvalue weighted by molar-refractivity contribution is 7.18. The molecule has 0 amide bonds. The highest BCUT2D eigenvalue weighted by Crippen LogP contribution is 2.52. The van der Waals surface area contributed by atoms with Crippen LogP contribution in [0.2, 0.25) is 0 Å². The number of aliphatic hydroxyl groups excluding tert-OH is 1. The second kappa shape index (κ2) is 9.52. The maximum atomic E-state index is 11.2.